The number of fused-ring (bicyclic) bond motifs is 1. The lowest BCUT2D eigenvalue weighted by Gasteiger charge is -2.17. The predicted octanol–water partition coefficient (Wildman–Crippen LogP) is 1.21. The van der Waals surface area contributed by atoms with E-state index in [0.29, 0.717) is 11.3 Å². The van der Waals surface area contributed by atoms with E-state index in [2.05, 4.69) is 0 Å². The molecule has 1 amide bonds. The van der Waals surface area contributed by atoms with E-state index in [-0.39, 0.29) is 5.91 Å². The van der Waals surface area contributed by atoms with Crippen molar-refractivity contribution in [2.45, 2.75) is 13.0 Å². The van der Waals surface area contributed by atoms with Crippen LogP contribution in [0.15, 0.2) is 24.3 Å². The number of hydrogen-bond donors (Lipinski definition) is 0. The third kappa shape index (κ3) is 1.48. The molecule has 2 rings (SSSR count). The molecular formula is C11H11NO3. The number of nitrogens with zero attached hydrogens (tertiary/aromatic N) is 1. The number of cyclic esters (lactones) is 1. The summed E-state index contributed by atoms with van der Waals surface area (Å²) in [6.45, 7) is 1.57. The average Bonchev–Trinajstić information content (AvgIpc) is 2.33. The Morgan fingerprint density at radius 2 is 1.93 bits per heavy atom. The van der Waals surface area contributed by atoms with Crippen LogP contribution in [0.25, 0.3) is 0 Å². The van der Waals surface area contributed by atoms with Crippen molar-refractivity contribution in [1.29, 1.82) is 0 Å². The van der Waals surface area contributed by atoms with Gasteiger partial charge in [0.05, 0.1) is 11.3 Å². The minimum absolute atomic E-state index is 0.215. The zero-order valence-electron chi connectivity index (χ0n) is 8.56. The molecule has 15 heavy (non-hydrogen) atoms. The summed E-state index contributed by atoms with van der Waals surface area (Å²) in [5.74, 6) is -0.663. The van der Waals surface area contributed by atoms with Crippen molar-refractivity contribution in [3.8, 4) is 0 Å². The van der Waals surface area contributed by atoms with Gasteiger partial charge in [0.1, 0.15) is 0 Å². The quantitative estimate of drug-likeness (QED) is 0.598. The number of carbonyl (C=O) groups is 2. The summed E-state index contributed by atoms with van der Waals surface area (Å²) in [7, 11) is 1.64. The Hall–Kier alpha value is -1.84. The first-order valence-corrected chi connectivity index (χ1v) is 4.69. The molecule has 0 bridgehead atoms. The highest BCUT2D eigenvalue weighted by Gasteiger charge is 2.30. The molecule has 1 atom stereocenters. The molecule has 78 valence electrons. The first-order chi connectivity index (χ1) is 7.11. The average molecular weight is 205 g/mol. The number of amides is 1. The summed E-state index contributed by atoms with van der Waals surface area (Å²) in [4.78, 5) is 24.8. The van der Waals surface area contributed by atoms with Gasteiger partial charge in [0, 0.05) is 7.05 Å². The van der Waals surface area contributed by atoms with Crippen molar-refractivity contribution in [3.05, 3.63) is 29.8 Å². The Morgan fingerprint density at radius 1 is 1.27 bits per heavy atom. The maximum Gasteiger partial charge on any atom is 0.341 e. The van der Waals surface area contributed by atoms with E-state index < -0.39 is 12.1 Å². The molecule has 4 heteroatoms. The molecule has 1 heterocycles. The highest BCUT2D eigenvalue weighted by atomic mass is 16.5. The summed E-state index contributed by atoms with van der Waals surface area (Å²) in [5, 5.41) is 0. The van der Waals surface area contributed by atoms with Gasteiger partial charge in [0.25, 0.3) is 5.91 Å². The van der Waals surface area contributed by atoms with Gasteiger partial charge in [-0.3, -0.25) is 4.79 Å². The third-order valence-corrected chi connectivity index (χ3v) is 2.45. The van der Waals surface area contributed by atoms with Gasteiger partial charge in [0.15, 0.2) is 6.10 Å². The van der Waals surface area contributed by atoms with Gasteiger partial charge in [-0.1, -0.05) is 12.1 Å². The van der Waals surface area contributed by atoms with Crippen LogP contribution in [-0.4, -0.2) is 25.0 Å². The maximum atomic E-state index is 11.7. The number of rotatable bonds is 0. The van der Waals surface area contributed by atoms with Gasteiger partial charge in [-0.25, -0.2) is 4.79 Å². The molecule has 0 spiro atoms. The molecule has 0 aromatic heterocycles. The number of likely N-dealkylation sites (N-methyl/N-ethyl adjacent to an activating group) is 1. The Bertz CT molecular complexity index is 428. The van der Waals surface area contributed by atoms with Crippen molar-refractivity contribution in [1.82, 2.24) is 0 Å². The van der Waals surface area contributed by atoms with Gasteiger partial charge in [0.2, 0.25) is 0 Å². The fourth-order valence-electron chi connectivity index (χ4n) is 1.60. The monoisotopic (exact) mass is 205 g/mol. The molecule has 0 saturated carbocycles. The van der Waals surface area contributed by atoms with Gasteiger partial charge < -0.3 is 9.64 Å². The summed E-state index contributed by atoms with van der Waals surface area (Å²) >= 11 is 0. The van der Waals surface area contributed by atoms with Crippen molar-refractivity contribution in [2.24, 2.45) is 0 Å². The normalized spacial score (nSPS) is 20.7. The fourth-order valence-corrected chi connectivity index (χ4v) is 1.60. The van der Waals surface area contributed by atoms with E-state index in [1.807, 2.05) is 0 Å². The van der Waals surface area contributed by atoms with Crippen molar-refractivity contribution >= 4 is 17.6 Å². The highest BCUT2D eigenvalue weighted by molar-refractivity contribution is 6.07. The van der Waals surface area contributed by atoms with Gasteiger partial charge in [-0.15, -0.1) is 0 Å². The molecular weight excluding hydrogens is 194 g/mol. The van der Waals surface area contributed by atoms with Crippen LogP contribution in [0.2, 0.25) is 0 Å². The third-order valence-electron chi connectivity index (χ3n) is 2.45. The van der Waals surface area contributed by atoms with Gasteiger partial charge in [-0.05, 0) is 19.1 Å². The van der Waals surface area contributed by atoms with Crippen molar-refractivity contribution < 1.29 is 14.3 Å². The van der Waals surface area contributed by atoms with Crippen LogP contribution in [0.3, 0.4) is 0 Å². The minimum atomic E-state index is -0.727. The maximum absolute atomic E-state index is 11.7. The summed E-state index contributed by atoms with van der Waals surface area (Å²) < 4.78 is 4.99. The number of carbonyl (C=O) groups excluding carboxylic acids is 2. The molecule has 0 radical (unpaired) electrons. The summed E-state index contributed by atoms with van der Waals surface area (Å²) in [5.41, 5.74) is 1.02. The number of ether oxygens (including phenoxy) is 1. The molecule has 4 nitrogen and oxygen atoms in total. The van der Waals surface area contributed by atoms with E-state index in [4.69, 9.17) is 4.74 Å². The van der Waals surface area contributed by atoms with Crippen LogP contribution >= 0.6 is 0 Å². The smallest absolute Gasteiger partial charge is 0.341 e. The topological polar surface area (TPSA) is 46.6 Å². The second kappa shape index (κ2) is 3.38. The van der Waals surface area contributed by atoms with Gasteiger partial charge in [-0.2, -0.15) is 0 Å². The van der Waals surface area contributed by atoms with Crippen LogP contribution in [0.5, 0.6) is 0 Å². The lowest BCUT2D eigenvalue weighted by Crippen LogP contribution is -2.34. The molecule has 1 aliphatic rings. The number of anilines is 1. The number of benzene rings is 1. The van der Waals surface area contributed by atoms with Crippen LogP contribution in [0.4, 0.5) is 5.69 Å². The van der Waals surface area contributed by atoms with Crippen molar-refractivity contribution in [2.75, 3.05) is 11.9 Å². The van der Waals surface area contributed by atoms with E-state index in [0.717, 1.165) is 0 Å². The molecule has 1 unspecified atom stereocenters. The number of hydrogen-bond acceptors (Lipinski definition) is 3. The second-order valence-corrected chi connectivity index (χ2v) is 3.46. The predicted molar refractivity (Wildman–Crippen MR) is 54.7 cm³/mol. The first-order valence-electron chi connectivity index (χ1n) is 4.69. The second-order valence-electron chi connectivity index (χ2n) is 3.46. The minimum Gasteiger partial charge on any atom is -0.449 e. The standard InChI is InChI=1S/C11H11NO3/c1-7-10(13)12(2)9-6-4-3-5-8(9)11(14)15-7/h3-7H,1-2H3. The summed E-state index contributed by atoms with van der Waals surface area (Å²) in [6.07, 6.45) is -0.727. The highest BCUT2D eigenvalue weighted by Crippen LogP contribution is 2.24. The number of para-hydroxylation sites is 1. The molecule has 1 aromatic rings. The molecule has 0 saturated heterocycles. The largest absolute Gasteiger partial charge is 0.449 e. The first kappa shape index (κ1) is 9.71. The lowest BCUT2D eigenvalue weighted by molar-refractivity contribution is -0.125. The molecule has 0 aliphatic carbocycles. The Kier molecular flexibility index (Phi) is 2.19. The van der Waals surface area contributed by atoms with Crippen LogP contribution in [0, 0.1) is 0 Å². The van der Waals surface area contributed by atoms with E-state index >= 15 is 0 Å². The Morgan fingerprint density at radius 3 is 2.67 bits per heavy atom. The van der Waals surface area contributed by atoms with Crippen molar-refractivity contribution in [3.63, 3.8) is 0 Å². The molecule has 0 N–H and O–H groups in total. The Balaban J connectivity index is 2.57. The Labute approximate surface area is 87.4 Å². The molecule has 0 fully saturated rings. The summed E-state index contributed by atoms with van der Waals surface area (Å²) in [6, 6.07) is 6.91. The van der Waals surface area contributed by atoms with Crippen LogP contribution in [0.1, 0.15) is 17.3 Å². The zero-order chi connectivity index (χ0) is 11.0. The van der Waals surface area contributed by atoms with Crippen LogP contribution in [-0.2, 0) is 9.53 Å². The van der Waals surface area contributed by atoms with Gasteiger partial charge >= 0.3 is 5.97 Å². The lowest BCUT2D eigenvalue weighted by atomic mass is 10.1. The number of esters is 1. The van der Waals surface area contributed by atoms with E-state index in [1.54, 1.807) is 38.2 Å². The molecule has 1 aliphatic heterocycles. The van der Waals surface area contributed by atoms with E-state index in [1.165, 1.54) is 4.90 Å². The zero-order valence-corrected chi connectivity index (χ0v) is 8.56. The van der Waals surface area contributed by atoms with E-state index in [9.17, 15) is 9.59 Å². The van der Waals surface area contributed by atoms with Crippen LogP contribution < -0.4 is 4.90 Å². The fraction of sp³-hybridized carbons (Fsp3) is 0.273. The molecule has 1 aromatic carbocycles. The SMILES string of the molecule is CC1OC(=O)c2ccccc2N(C)C1=O.